The standard InChI is InChI=1S/C15H18N6O/c1-11(15-19-18-12(2)22-15)20-6-8-21(9-7-20)14-13(10-16)4-3-5-17-14/h3-5,11H,6-9H2,1-2H3/t11-/m1/s1. The van der Waals surface area contributed by atoms with Crippen LogP contribution in [0.3, 0.4) is 0 Å². The highest BCUT2D eigenvalue weighted by atomic mass is 16.4. The normalized spacial score (nSPS) is 17.2. The number of nitrogens with zero attached hydrogens (tertiary/aromatic N) is 6. The van der Waals surface area contributed by atoms with Crippen molar-refractivity contribution in [1.29, 1.82) is 5.26 Å². The summed E-state index contributed by atoms with van der Waals surface area (Å²) in [7, 11) is 0. The summed E-state index contributed by atoms with van der Waals surface area (Å²) in [5.41, 5.74) is 0.622. The molecule has 3 rings (SSSR count). The summed E-state index contributed by atoms with van der Waals surface area (Å²) in [4.78, 5) is 8.81. The summed E-state index contributed by atoms with van der Waals surface area (Å²) in [6, 6.07) is 5.90. The number of aryl methyl sites for hydroxylation is 1. The maximum atomic E-state index is 9.19. The Bertz CT molecular complexity index is 683. The van der Waals surface area contributed by atoms with Gasteiger partial charge in [0.1, 0.15) is 11.9 Å². The van der Waals surface area contributed by atoms with Crippen molar-refractivity contribution >= 4 is 5.82 Å². The van der Waals surface area contributed by atoms with Gasteiger partial charge in [0.05, 0.1) is 11.6 Å². The van der Waals surface area contributed by atoms with Gasteiger partial charge in [0.15, 0.2) is 0 Å². The van der Waals surface area contributed by atoms with E-state index in [2.05, 4.69) is 38.0 Å². The lowest BCUT2D eigenvalue weighted by Crippen LogP contribution is -2.47. The Morgan fingerprint density at radius 1 is 1.27 bits per heavy atom. The van der Waals surface area contributed by atoms with Crippen molar-refractivity contribution in [2.75, 3.05) is 31.1 Å². The first kappa shape index (κ1) is 14.5. The average Bonchev–Trinajstić information content (AvgIpc) is 3.01. The molecule has 1 atom stereocenters. The van der Waals surface area contributed by atoms with Crippen LogP contribution in [0, 0.1) is 18.3 Å². The maximum Gasteiger partial charge on any atom is 0.233 e. The highest BCUT2D eigenvalue weighted by Gasteiger charge is 2.26. The van der Waals surface area contributed by atoms with Gasteiger partial charge in [-0.25, -0.2) is 4.98 Å². The van der Waals surface area contributed by atoms with Crippen LogP contribution in [0.2, 0.25) is 0 Å². The quantitative estimate of drug-likeness (QED) is 0.849. The van der Waals surface area contributed by atoms with Crippen LogP contribution in [0.25, 0.3) is 0 Å². The van der Waals surface area contributed by atoms with Crippen molar-refractivity contribution in [2.24, 2.45) is 0 Å². The molecule has 1 aliphatic heterocycles. The van der Waals surface area contributed by atoms with Crippen LogP contribution in [0.5, 0.6) is 0 Å². The van der Waals surface area contributed by atoms with E-state index in [4.69, 9.17) is 4.42 Å². The van der Waals surface area contributed by atoms with E-state index in [1.807, 2.05) is 0 Å². The van der Waals surface area contributed by atoms with E-state index in [0.29, 0.717) is 17.3 Å². The minimum absolute atomic E-state index is 0.0996. The predicted molar refractivity (Wildman–Crippen MR) is 80.2 cm³/mol. The van der Waals surface area contributed by atoms with Crippen LogP contribution in [-0.2, 0) is 0 Å². The van der Waals surface area contributed by atoms with Gasteiger partial charge in [-0.3, -0.25) is 4.90 Å². The van der Waals surface area contributed by atoms with Crippen molar-refractivity contribution < 1.29 is 4.42 Å². The fourth-order valence-corrected chi connectivity index (χ4v) is 2.69. The van der Waals surface area contributed by atoms with Gasteiger partial charge in [-0.1, -0.05) is 0 Å². The minimum Gasteiger partial charge on any atom is -0.424 e. The van der Waals surface area contributed by atoms with E-state index in [9.17, 15) is 5.26 Å². The summed E-state index contributed by atoms with van der Waals surface area (Å²) < 4.78 is 5.51. The van der Waals surface area contributed by atoms with Gasteiger partial charge in [-0.2, -0.15) is 5.26 Å². The second kappa shape index (κ2) is 6.12. The first-order chi connectivity index (χ1) is 10.7. The third kappa shape index (κ3) is 2.78. The molecule has 1 aliphatic rings. The van der Waals surface area contributed by atoms with Gasteiger partial charge in [-0.05, 0) is 19.1 Å². The van der Waals surface area contributed by atoms with Gasteiger partial charge >= 0.3 is 0 Å². The van der Waals surface area contributed by atoms with Crippen LogP contribution in [0.15, 0.2) is 22.7 Å². The van der Waals surface area contributed by atoms with Crippen LogP contribution in [0.4, 0.5) is 5.82 Å². The van der Waals surface area contributed by atoms with E-state index >= 15 is 0 Å². The zero-order chi connectivity index (χ0) is 15.5. The molecule has 1 saturated heterocycles. The minimum atomic E-state index is 0.0996. The Kier molecular flexibility index (Phi) is 4.02. The molecule has 114 valence electrons. The van der Waals surface area contributed by atoms with Crippen molar-refractivity contribution in [3.63, 3.8) is 0 Å². The zero-order valence-corrected chi connectivity index (χ0v) is 12.7. The van der Waals surface area contributed by atoms with Crippen LogP contribution >= 0.6 is 0 Å². The Morgan fingerprint density at radius 3 is 2.68 bits per heavy atom. The maximum absolute atomic E-state index is 9.19. The fraction of sp³-hybridized carbons (Fsp3) is 0.467. The Morgan fingerprint density at radius 2 is 2.05 bits per heavy atom. The number of nitriles is 1. The summed E-state index contributed by atoms with van der Waals surface area (Å²) in [5.74, 6) is 2.01. The molecule has 0 radical (unpaired) electrons. The molecule has 1 fully saturated rings. The highest BCUT2D eigenvalue weighted by molar-refractivity contribution is 5.53. The third-order valence-electron chi connectivity index (χ3n) is 3.97. The Balaban J connectivity index is 1.66. The Labute approximate surface area is 129 Å². The summed E-state index contributed by atoms with van der Waals surface area (Å²) in [5, 5.41) is 17.2. The lowest BCUT2D eigenvalue weighted by molar-refractivity contribution is 0.171. The van der Waals surface area contributed by atoms with Crippen molar-refractivity contribution in [3.05, 3.63) is 35.7 Å². The van der Waals surface area contributed by atoms with Crippen molar-refractivity contribution in [3.8, 4) is 6.07 Å². The largest absolute Gasteiger partial charge is 0.424 e. The second-order valence-electron chi connectivity index (χ2n) is 5.34. The Hall–Kier alpha value is -2.46. The molecule has 0 bridgehead atoms. The van der Waals surface area contributed by atoms with Gasteiger partial charge in [0.25, 0.3) is 0 Å². The van der Waals surface area contributed by atoms with E-state index < -0.39 is 0 Å². The topological polar surface area (TPSA) is 82.1 Å². The number of piperazine rings is 1. The number of rotatable bonds is 3. The molecule has 0 aromatic carbocycles. The van der Waals surface area contributed by atoms with Gasteiger partial charge in [0, 0.05) is 39.3 Å². The summed E-state index contributed by atoms with van der Waals surface area (Å²) >= 11 is 0. The monoisotopic (exact) mass is 298 g/mol. The number of anilines is 1. The average molecular weight is 298 g/mol. The van der Waals surface area contributed by atoms with Gasteiger partial charge in [0.2, 0.25) is 11.8 Å². The number of aromatic nitrogens is 3. The van der Waals surface area contributed by atoms with Crippen LogP contribution < -0.4 is 4.90 Å². The zero-order valence-electron chi connectivity index (χ0n) is 12.7. The molecular weight excluding hydrogens is 280 g/mol. The molecular formula is C15H18N6O. The first-order valence-corrected chi connectivity index (χ1v) is 7.33. The molecule has 7 nitrogen and oxygen atoms in total. The van der Waals surface area contributed by atoms with Crippen LogP contribution in [-0.4, -0.2) is 46.3 Å². The molecule has 7 heteroatoms. The SMILES string of the molecule is Cc1nnc([C@@H](C)N2CCN(c3ncccc3C#N)CC2)o1. The van der Waals surface area contributed by atoms with Crippen molar-refractivity contribution in [2.45, 2.75) is 19.9 Å². The number of hydrogen-bond donors (Lipinski definition) is 0. The highest BCUT2D eigenvalue weighted by Crippen LogP contribution is 2.23. The van der Waals surface area contributed by atoms with E-state index in [1.165, 1.54) is 0 Å². The molecule has 0 aliphatic carbocycles. The molecule has 3 heterocycles. The predicted octanol–water partition coefficient (Wildman–Crippen LogP) is 1.53. The van der Waals surface area contributed by atoms with E-state index in [0.717, 1.165) is 32.0 Å². The second-order valence-corrected chi connectivity index (χ2v) is 5.34. The lowest BCUT2D eigenvalue weighted by atomic mass is 10.2. The summed E-state index contributed by atoms with van der Waals surface area (Å²) in [6.45, 7) is 7.25. The number of hydrogen-bond acceptors (Lipinski definition) is 7. The molecule has 0 unspecified atom stereocenters. The molecule has 0 spiro atoms. The van der Waals surface area contributed by atoms with Crippen molar-refractivity contribution in [1.82, 2.24) is 20.1 Å². The molecule has 0 N–H and O–H groups in total. The first-order valence-electron chi connectivity index (χ1n) is 7.33. The van der Waals surface area contributed by atoms with E-state index in [-0.39, 0.29) is 6.04 Å². The van der Waals surface area contributed by atoms with Crippen LogP contribution in [0.1, 0.15) is 30.3 Å². The molecule has 22 heavy (non-hydrogen) atoms. The third-order valence-corrected chi connectivity index (χ3v) is 3.97. The van der Waals surface area contributed by atoms with Gasteiger partial charge in [-0.15, -0.1) is 10.2 Å². The molecule has 0 amide bonds. The van der Waals surface area contributed by atoms with E-state index in [1.54, 1.807) is 25.3 Å². The lowest BCUT2D eigenvalue weighted by Gasteiger charge is -2.37. The van der Waals surface area contributed by atoms with Gasteiger partial charge < -0.3 is 9.32 Å². The molecule has 0 saturated carbocycles. The smallest absolute Gasteiger partial charge is 0.233 e. The summed E-state index contributed by atoms with van der Waals surface area (Å²) in [6.07, 6.45) is 1.73. The number of pyridine rings is 1. The fourth-order valence-electron chi connectivity index (χ4n) is 2.69. The molecule has 2 aromatic rings. The molecule has 2 aromatic heterocycles.